The third-order valence-electron chi connectivity index (χ3n) is 4.18. The summed E-state index contributed by atoms with van der Waals surface area (Å²) in [5.41, 5.74) is 0. The Morgan fingerprint density at radius 2 is 1.32 bits per heavy atom. The van der Waals surface area contributed by atoms with Crippen LogP contribution in [0.3, 0.4) is 0 Å². The fourth-order valence-corrected chi connectivity index (χ4v) is 2.73. The Labute approximate surface area is 122 Å². The molecule has 0 rings (SSSR count). The first-order chi connectivity index (χ1) is 9.07. The normalized spacial score (nSPS) is 13.4. The zero-order chi connectivity index (χ0) is 14.5. The van der Waals surface area contributed by atoms with Gasteiger partial charge in [-0.25, -0.2) is 0 Å². The van der Waals surface area contributed by atoms with E-state index in [-0.39, 0.29) is 0 Å². The van der Waals surface area contributed by atoms with Crippen LogP contribution < -0.4 is 5.32 Å². The van der Waals surface area contributed by atoms with Crippen molar-refractivity contribution in [1.29, 1.82) is 0 Å². The summed E-state index contributed by atoms with van der Waals surface area (Å²) in [7, 11) is 0. The smallest absolute Gasteiger partial charge is 0.00103 e. The maximum atomic E-state index is 3.49. The molecule has 0 saturated carbocycles. The topological polar surface area (TPSA) is 12.0 Å². The van der Waals surface area contributed by atoms with Gasteiger partial charge in [-0.05, 0) is 24.8 Å². The van der Waals surface area contributed by atoms with Gasteiger partial charge >= 0.3 is 0 Å². The number of hydrogen-bond acceptors (Lipinski definition) is 1. The van der Waals surface area contributed by atoms with E-state index in [1.54, 1.807) is 0 Å². The maximum absolute atomic E-state index is 3.49. The average molecular weight is 270 g/mol. The van der Waals surface area contributed by atoms with Crippen LogP contribution >= 0.6 is 0 Å². The Morgan fingerprint density at radius 1 is 0.737 bits per heavy atom. The van der Waals surface area contributed by atoms with E-state index in [4.69, 9.17) is 0 Å². The Kier molecular flexibility index (Phi) is 12.9. The van der Waals surface area contributed by atoms with Gasteiger partial charge in [0.05, 0.1) is 0 Å². The summed E-state index contributed by atoms with van der Waals surface area (Å²) in [6.45, 7) is 12.8. The molecule has 0 aromatic rings. The summed E-state index contributed by atoms with van der Waals surface area (Å²) in [6, 6.07) is 0.644. The highest BCUT2D eigenvalue weighted by molar-refractivity contribution is 4.63. The van der Waals surface area contributed by atoms with E-state index in [0.29, 0.717) is 6.04 Å². The molecule has 1 heteroatoms. The van der Waals surface area contributed by atoms with Gasteiger partial charge in [-0.1, -0.05) is 86.0 Å². The quantitative estimate of drug-likeness (QED) is 0.417. The second-order valence-corrected chi connectivity index (χ2v) is 6.81. The van der Waals surface area contributed by atoms with Crippen LogP contribution in [0.1, 0.15) is 92.4 Å². The van der Waals surface area contributed by atoms with Crippen LogP contribution in [0.15, 0.2) is 0 Å². The lowest BCUT2D eigenvalue weighted by atomic mass is 9.86. The van der Waals surface area contributed by atoms with Gasteiger partial charge in [0, 0.05) is 6.04 Å². The first kappa shape index (κ1) is 19.0. The maximum Gasteiger partial charge on any atom is 0.00103 e. The van der Waals surface area contributed by atoms with E-state index < -0.39 is 0 Å². The van der Waals surface area contributed by atoms with Crippen LogP contribution in [-0.2, 0) is 0 Å². The fourth-order valence-electron chi connectivity index (χ4n) is 2.73. The molecule has 0 aliphatic rings. The Balaban J connectivity index is 3.39. The van der Waals surface area contributed by atoms with Crippen molar-refractivity contribution < 1.29 is 0 Å². The third kappa shape index (κ3) is 12.7. The van der Waals surface area contributed by atoms with Crippen molar-refractivity contribution >= 4 is 0 Å². The van der Waals surface area contributed by atoms with Gasteiger partial charge in [-0.3, -0.25) is 0 Å². The molecule has 1 atom stereocenters. The second kappa shape index (κ2) is 13.0. The molecular formula is C18H39N. The summed E-state index contributed by atoms with van der Waals surface area (Å²) >= 11 is 0. The fraction of sp³-hybridized carbons (Fsp3) is 1.00. The third-order valence-corrected chi connectivity index (χ3v) is 4.18. The summed E-state index contributed by atoms with van der Waals surface area (Å²) in [6.07, 6.45) is 12.8. The van der Waals surface area contributed by atoms with Gasteiger partial charge in [0.15, 0.2) is 0 Å². The van der Waals surface area contributed by atoms with Crippen molar-refractivity contribution in [1.82, 2.24) is 5.32 Å². The van der Waals surface area contributed by atoms with Crippen molar-refractivity contribution in [2.75, 3.05) is 6.54 Å². The molecule has 0 aromatic carbocycles. The van der Waals surface area contributed by atoms with Crippen molar-refractivity contribution in [2.24, 2.45) is 11.8 Å². The van der Waals surface area contributed by atoms with Crippen molar-refractivity contribution in [2.45, 2.75) is 98.4 Å². The molecule has 19 heavy (non-hydrogen) atoms. The molecule has 0 fully saturated rings. The highest BCUT2D eigenvalue weighted by atomic mass is 14.9. The molecule has 0 aliphatic carbocycles. The predicted molar refractivity (Wildman–Crippen MR) is 88.7 cm³/mol. The molecular weight excluding hydrogens is 230 g/mol. The van der Waals surface area contributed by atoms with Gasteiger partial charge < -0.3 is 5.32 Å². The van der Waals surface area contributed by atoms with Gasteiger partial charge in [0.2, 0.25) is 0 Å². The number of nitrogens with one attached hydrogen (secondary N) is 1. The zero-order valence-electron chi connectivity index (χ0n) is 14.3. The highest BCUT2D eigenvalue weighted by Gasteiger charge is 2.11. The van der Waals surface area contributed by atoms with E-state index in [0.717, 1.165) is 11.8 Å². The lowest BCUT2D eigenvalue weighted by Crippen LogP contribution is -2.23. The van der Waals surface area contributed by atoms with Crippen LogP contribution in [-0.4, -0.2) is 12.6 Å². The molecule has 0 aliphatic heterocycles. The van der Waals surface area contributed by atoms with E-state index in [1.165, 1.54) is 64.3 Å². The van der Waals surface area contributed by atoms with E-state index in [2.05, 4.69) is 39.9 Å². The molecule has 0 amide bonds. The molecule has 1 nitrogen and oxygen atoms in total. The molecule has 0 aromatic heterocycles. The number of hydrogen-bond donors (Lipinski definition) is 1. The number of unbranched alkanes of at least 4 members (excludes halogenated alkanes) is 5. The first-order valence-corrected chi connectivity index (χ1v) is 8.81. The summed E-state index contributed by atoms with van der Waals surface area (Å²) in [5, 5.41) is 3.49. The molecule has 116 valence electrons. The molecule has 0 radical (unpaired) electrons. The van der Waals surface area contributed by atoms with Gasteiger partial charge in [-0.2, -0.15) is 0 Å². The zero-order valence-corrected chi connectivity index (χ0v) is 14.3. The summed E-state index contributed by atoms with van der Waals surface area (Å²) in [4.78, 5) is 0. The predicted octanol–water partition coefficient (Wildman–Crippen LogP) is 5.79. The standard InChI is InChI=1S/C18H39N/c1-6-7-13-18(16(2)3)14-11-9-8-10-12-15-19-17(4)5/h16-19H,6-15H2,1-5H3. The molecule has 1 N–H and O–H groups in total. The number of rotatable bonds is 13. The Hall–Kier alpha value is -0.0400. The summed E-state index contributed by atoms with van der Waals surface area (Å²) in [5.74, 6) is 1.85. The lowest BCUT2D eigenvalue weighted by molar-refractivity contribution is 0.316. The van der Waals surface area contributed by atoms with Crippen LogP contribution in [0.5, 0.6) is 0 Å². The van der Waals surface area contributed by atoms with E-state index in [1.807, 2.05) is 0 Å². The monoisotopic (exact) mass is 269 g/mol. The van der Waals surface area contributed by atoms with Crippen molar-refractivity contribution in [3.8, 4) is 0 Å². The lowest BCUT2D eigenvalue weighted by Gasteiger charge is -2.20. The summed E-state index contributed by atoms with van der Waals surface area (Å²) < 4.78 is 0. The highest BCUT2D eigenvalue weighted by Crippen LogP contribution is 2.24. The molecule has 1 unspecified atom stereocenters. The largest absolute Gasteiger partial charge is 0.315 e. The Bertz CT molecular complexity index is 175. The van der Waals surface area contributed by atoms with Gasteiger partial charge in [-0.15, -0.1) is 0 Å². The molecule has 0 heterocycles. The molecule has 0 spiro atoms. The Morgan fingerprint density at radius 3 is 1.89 bits per heavy atom. The van der Waals surface area contributed by atoms with E-state index in [9.17, 15) is 0 Å². The van der Waals surface area contributed by atoms with Crippen LogP contribution in [0.4, 0.5) is 0 Å². The van der Waals surface area contributed by atoms with Gasteiger partial charge in [0.1, 0.15) is 0 Å². The van der Waals surface area contributed by atoms with Crippen LogP contribution in [0.25, 0.3) is 0 Å². The minimum Gasteiger partial charge on any atom is -0.315 e. The minimum absolute atomic E-state index is 0.644. The minimum atomic E-state index is 0.644. The van der Waals surface area contributed by atoms with Crippen LogP contribution in [0.2, 0.25) is 0 Å². The van der Waals surface area contributed by atoms with E-state index >= 15 is 0 Å². The second-order valence-electron chi connectivity index (χ2n) is 6.81. The average Bonchev–Trinajstić information content (AvgIpc) is 2.35. The van der Waals surface area contributed by atoms with Crippen molar-refractivity contribution in [3.05, 3.63) is 0 Å². The van der Waals surface area contributed by atoms with Gasteiger partial charge in [0.25, 0.3) is 0 Å². The molecule has 0 saturated heterocycles. The van der Waals surface area contributed by atoms with Crippen molar-refractivity contribution in [3.63, 3.8) is 0 Å². The van der Waals surface area contributed by atoms with Crippen LogP contribution in [0, 0.1) is 11.8 Å². The first-order valence-electron chi connectivity index (χ1n) is 8.81. The molecule has 0 bridgehead atoms. The SMILES string of the molecule is CCCCC(CCCCCCCNC(C)C)C(C)C.